The maximum absolute atomic E-state index is 11.3. The lowest BCUT2D eigenvalue weighted by Crippen LogP contribution is -2.00. The number of nitro benzene ring substituents is 2. The molecule has 0 saturated carbocycles. The van der Waals surface area contributed by atoms with E-state index in [1.54, 1.807) is 38.2 Å². The van der Waals surface area contributed by atoms with Crippen LogP contribution in [0.15, 0.2) is 47.7 Å². The van der Waals surface area contributed by atoms with Gasteiger partial charge in [0.2, 0.25) is 11.7 Å². The van der Waals surface area contributed by atoms with Gasteiger partial charge in [0.15, 0.2) is 11.5 Å². The lowest BCUT2D eigenvalue weighted by molar-refractivity contribution is -0.394. The van der Waals surface area contributed by atoms with Gasteiger partial charge < -0.3 is 15.2 Å². The molecule has 3 rings (SSSR count). The minimum atomic E-state index is -0.749. The summed E-state index contributed by atoms with van der Waals surface area (Å²) in [7, 11) is 0. The highest BCUT2D eigenvalue weighted by molar-refractivity contribution is 5.81. The molecule has 0 amide bonds. The number of benzene rings is 2. The summed E-state index contributed by atoms with van der Waals surface area (Å²) in [5.74, 6) is 0.603. The fraction of sp³-hybridized carbons (Fsp3) is 0.158. The zero-order chi connectivity index (χ0) is 22.5. The monoisotopic (exact) mass is 426 g/mol. The van der Waals surface area contributed by atoms with Crippen molar-refractivity contribution in [2.75, 3.05) is 12.3 Å². The van der Waals surface area contributed by atoms with Crippen molar-refractivity contribution in [1.82, 2.24) is 9.66 Å². The maximum atomic E-state index is 11.3. The first kappa shape index (κ1) is 21.2. The molecule has 0 aliphatic carbocycles. The van der Waals surface area contributed by atoms with E-state index in [1.807, 2.05) is 0 Å². The van der Waals surface area contributed by atoms with Gasteiger partial charge in [-0.15, -0.1) is 0 Å². The fourth-order valence-corrected chi connectivity index (χ4v) is 2.65. The highest BCUT2D eigenvalue weighted by atomic mass is 16.6. The first-order valence-corrected chi connectivity index (χ1v) is 9.01. The lowest BCUT2D eigenvalue weighted by atomic mass is 10.2. The minimum absolute atomic E-state index is 0.153. The summed E-state index contributed by atoms with van der Waals surface area (Å²) in [6.07, 6.45) is 3.21. The average Bonchev–Trinajstić information content (AvgIpc) is 3.05. The second-order valence-electron chi connectivity index (χ2n) is 6.24. The Morgan fingerprint density at radius 3 is 2.48 bits per heavy atom. The number of hydrogen-bond donors (Lipinski definition) is 1. The standard InChI is InChI=1S/C19H18N6O6/c1-3-30-18-8-13(10-21-23-11-12(2)22-19(23)20)4-6-17(18)31-16-7-5-14(24(26)27)9-15(16)25(28)29/h4-11H,3H2,1-2H3,(H2,20,22). The number of nitrogens with zero attached hydrogens (tertiary/aromatic N) is 5. The van der Waals surface area contributed by atoms with Crippen LogP contribution in [0.3, 0.4) is 0 Å². The molecule has 160 valence electrons. The minimum Gasteiger partial charge on any atom is -0.490 e. The first-order chi connectivity index (χ1) is 14.8. The number of hydrogen-bond acceptors (Lipinski definition) is 9. The molecule has 0 spiro atoms. The molecule has 0 atom stereocenters. The third-order valence-electron chi connectivity index (χ3n) is 4.00. The SMILES string of the molecule is CCOc1cc(C=Nn2cc(C)nc2N)ccc1Oc1ccc([N+](=O)[O-])cc1[N+](=O)[O-]. The predicted molar refractivity (Wildman–Crippen MR) is 112 cm³/mol. The van der Waals surface area contributed by atoms with Crippen molar-refractivity contribution < 1.29 is 19.3 Å². The van der Waals surface area contributed by atoms with Gasteiger partial charge in [-0.25, -0.2) is 9.66 Å². The van der Waals surface area contributed by atoms with Gasteiger partial charge in [0.05, 0.1) is 40.6 Å². The Balaban J connectivity index is 1.92. The van der Waals surface area contributed by atoms with Gasteiger partial charge >= 0.3 is 5.69 Å². The van der Waals surface area contributed by atoms with Gasteiger partial charge in [0.1, 0.15) is 0 Å². The third kappa shape index (κ3) is 4.93. The van der Waals surface area contributed by atoms with Gasteiger partial charge in [-0.05, 0) is 43.7 Å². The van der Waals surface area contributed by atoms with Crippen LogP contribution >= 0.6 is 0 Å². The van der Waals surface area contributed by atoms with Crippen molar-refractivity contribution in [3.63, 3.8) is 0 Å². The Bertz CT molecular complexity index is 1170. The van der Waals surface area contributed by atoms with Crippen LogP contribution in [0.2, 0.25) is 0 Å². The Kier molecular flexibility index (Phi) is 6.10. The van der Waals surface area contributed by atoms with Crippen LogP contribution in [0.4, 0.5) is 17.3 Å². The van der Waals surface area contributed by atoms with Crippen LogP contribution in [0.1, 0.15) is 18.2 Å². The van der Waals surface area contributed by atoms with Crippen molar-refractivity contribution in [3.8, 4) is 17.2 Å². The molecule has 0 aliphatic heterocycles. The van der Waals surface area contributed by atoms with Crippen molar-refractivity contribution in [2.24, 2.45) is 5.10 Å². The van der Waals surface area contributed by atoms with Crippen LogP contribution in [-0.4, -0.2) is 32.3 Å². The number of ether oxygens (including phenoxy) is 2. The highest BCUT2D eigenvalue weighted by Gasteiger charge is 2.22. The molecular formula is C19H18N6O6. The molecule has 1 aromatic heterocycles. The summed E-state index contributed by atoms with van der Waals surface area (Å²) in [4.78, 5) is 24.8. The molecule has 0 unspecified atom stereocenters. The summed E-state index contributed by atoms with van der Waals surface area (Å²) in [5, 5.41) is 26.5. The Labute approximate surface area is 175 Å². The second kappa shape index (κ2) is 8.90. The van der Waals surface area contributed by atoms with E-state index in [4.69, 9.17) is 15.2 Å². The third-order valence-corrected chi connectivity index (χ3v) is 4.00. The van der Waals surface area contributed by atoms with Crippen molar-refractivity contribution in [2.45, 2.75) is 13.8 Å². The topological polar surface area (TPSA) is 161 Å². The van der Waals surface area contributed by atoms with E-state index in [0.29, 0.717) is 17.9 Å². The normalized spacial score (nSPS) is 10.9. The number of aryl methyl sites for hydroxylation is 1. The van der Waals surface area contributed by atoms with Crippen LogP contribution < -0.4 is 15.2 Å². The molecule has 0 fully saturated rings. The largest absolute Gasteiger partial charge is 0.490 e. The molecule has 31 heavy (non-hydrogen) atoms. The number of aromatic nitrogens is 2. The second-order valence-corrected chi connectivity index (χ2v) is 6.24. The van der Waals surface area contributed by atoms with Crippen LogP contribution in [-0.2, 0) is 0 Å². The number of nitrogen functional groups attached to an aromatic ring is 1. The lowest BCUT2D eigenvalue weighted by Gasteiger charge is -2.12. The number of nitro groups is 2. The van der Waals surface area contributed by atoms with Gasteiger partial charge in [-0.3, -0.25) is 20.2 Å². The molecule has 0 saturated heterocycles. The number of anilines is 1. The molecule has 0 bridgehead atoms. The van der Waals surface area contributed by atoms with Crippen molar-refractivity contribution in [1.29, 1.82) is 0 Å². The van der Waals surface area contributed by atoms with Gasteiger partial charge in [-0.2, -0.15) is 5.10 Å². The van der Waals surface area contributed by atoms with Crippen molar-refractivity contribution >= 4 is 23.5 Å². The summed E-state index contributed by atoms with van der Waals surface area (Å²) in [6, 6.07) is 8.00. The van der Waals surface area contributed by atoms with Gasteiger partial charge in [0.25, 0.3) is 5.69 Å². The van der Waals surface area contributed by atoms with Crippen LogP contribution in [0, 0.1) is 27.2 Å². The smallest absolute Gasteiger partial charge is 0.318 e. The molecule has 0 aliphatic rings. The average molecular weight is 426 g/mol. The van der Waals surface area contributed by atoms with E-state index < -0.39 is 21.2 Å². The quantitative estimate of drug-likeness (QED) is 0.324. The number of rotatable bonds is 8. The number of nitrogens with two attached hydrogens (primary N) is 1. The highest BCUT2D eigenvalue weighted by Crippen LogP contribution is 2.38. The van der Waals surface area contributed by atoms with E-state index in [9.17, 15) is 20.2 Å². The van der Waals surface area contributed by atoms with E-state index >= 15 is 0 Å². The van der Waals surface area contributed by atoms with E-state index in [1.165, 1.54) is 17.0 Å². The Morgan fingerprint density at radius 1 is 1.13 bits per heavy atom. The zero-order valence-electron chi connectivity index (χ0n) is 16.6. The molecule has 1 heterocycles. The molecule has 0 radical (unpaired) electrons. The number of non-ortho nitro benzene ring substituents is 1. The Hall–Kier alpha value is -4.48. The van der Waals surface area contributed by atoms with Crippen LogP contribution in [0.25, 0.3) is 0 Å². The van der Waals surface area contributed by atoms with Crippen molar-refractivity contribution in [3.05, 3.63) is 74.1 Å². The molecule has 2 aromatic carbocycles. The first-order valence-electron chi connectivity index (χ1n) is 9.01. The molecular weight excluding hydrogens is 408 g/mol. The van der Waals surface area contributed by atoms with E-state index in [2.05, 4.69) is 10.1 Å². The van der Waals surface area contributed by atoms with E-state index in [-0.39, 0.29) is 17.4 Å². The summed E-state index contributed by atoms with van der Waals surface area (Å²) < 4.78 is 12.7. The molecule has 12 heteroatoms. The maximum Gasteiger partial charge on any atom is 0.318 e. The fourth-order valence-electron chi connectivity index (χ4n) is 2.65. The zero-order valence-corrected chi connectivity index (χ0v) is 16.6. The van der Waals surface area contributed by atoms with Gasteiger partial charge in [0, 0.05) is 6.07 Å². The molecule has 12 nitrogen and oxygen atoms in total. The molecule has 2 N–H and O–H groups in total. The number of imidazole rings is 1. The van der Waals surface area contributed by atoms with Crippen LogP contribution in [0.5, 0.6) is 17.2 Å². The summed E-state index contributed by atoms with van der Waals surface area (Å²) >= 11 is 0. The summed E-state index contributed by atoms with van der Waals surface area (Å²) in [6.45, 7) is 3.87. The predicted octanol–water partition coefficient (Wildman–Crippen LogP) is 3.66. The molecule has 3 aromatic rings. The Morgan fingerprint density at radius 2 is 1.87 bits per heavy atom. The van der Waals surface area contributed by atoms with E-state index in [0.717, 1.165) is 17.8 Å². The van der Waals surface area contributed by atoms with Gasteiger partial charge in [-0.1, -0.05) is 0 Å². The summed E-state index contributed by atoms with van der Waals surface area (Å²) in [5.41, 5.74) is 6.18.